The van der Waals surface area contributed by atoms with Gasteiger partial charge in [0.25, 0.3) is 0 Å². The van der Waals surface area contributed by atoms with Crippen LogP contribution in [0.4, 0.5) is 0 Å². The Morgan fingerprint density at radius 2 is 1.75 bits per heavy atom. The number of carbonyl (C=O) groups is 1. The standard InChI is InChI=1S/C23H18Br2O2Si/c1-28(2,3)21-14-11-27-23-9-8-22(25,10-15(23)24)19(18(14)23)16-12-6-4-5-7-13(12)20(26)17(16)21/h4-10H,11H2,1-3H3. The molecule has 2 bridgehead atoms. The third-order valence-corrected chi connectivity index (χ3v) is 10.2. The molecule has 7 rings (SSSR count). The minimum atomic E-state index is -1.82. The van der Waals surface area contributed by atoms with Crippen LogP contribution in [0.2, 0.25) is 19.6 Å². The van der Waals surface area contributed by atoms with Gasteiger partial charge in [-0.3, -0.25) is 4.79 Å². The van der Waals surface area contributed by atoms with E-state index in [0.717, 1.165) is 26.7 Å². The van der Waals surface area contributed by atoms with Crippen LogP contribution in [0.25, 0.3) is 11.1 Å². The molecule has 140 valence electrons. The van der Waals surface area contributed by atoms with E-state index in [2.05, 4.69) is 75.8 Å². The average molecular weight is 514 g/mol. The Balaban J connectivity index is 1.88. The normalized spacial score (nSPS) is 28.3. The summed E-state index contributed by atoms with van der Waals surface area (Å²) in [6.45, 7) is 7.55. The highest BCUT2D eigenvalue weighted by atomic mass is 79.9. The molecule has 0 radical (unpaired) electrons. The lowest BCUT2D eigenvalue weighted by Gasteiger charge is -2.44. The summed E-state index contributed by atoms with van der Waals surface area (Å²) in [5.41, 5.74) is 7.07. The first-order valence-electron chi connectivity index (χ1n) is 9.49. The van der Waals surface area contributed by atoms with Crippen molar-refractivity contribution in [3.63, 3.8) is 0 Å². The molecular formula is C23H18Br2O2Si. The number of hydrogen-bond donors (Lipinski definition) is 0. The number of benzene rings is 2. The number of halogens is 2. The molecule has 28 heavy (non-hydrogen) atoms. The van der Waals surface area contributed by atoms with Gasteiger partial charge in [-0.2, -0.15) is 0 Å². The van der Waals surface area contributed by atoms with Crippen molar-refractivity contribution in [1.29, 1.82) is 0 Å². The summed E-state index contributed by atoms with van der Waals surface area (Å²) in [6.07, 6.45) is 6.53. The van der Waals surface area contributed by atoms with Crippen molar-refractivity contribution in [2.45, 2.75) is 36.2 Å². The quantitative estimate of drug-likeness (QED) is 0.240. The van der Waals surface area contributed by atoms with Crippen molar-refractivity contribution in [3.05, 3.63) is 74.8 Å². The lowest BCUT2D eigenvalue weighted by molar-refractivity contribution is 0.0322. The van der Waals surface area contributed by atoms with E-state index in [1.165, 1.54) is 21.9 Å². The van der Waals surface area contributed by atoms with Gasteiger partial charge in [-0.25, -0.2) is 0 Å². The molecule has 0 amide bonds. The Morgan fingerprint density at radius 3 is 2.43 bits per heavy atom. The van der Waals surface area contributed by atoms with E-state index in [1.54, 1.807) is 0 Å². The molecule has 4 aliphatic carbocycles. The highest BCUT2D eigenvalue weighted by Gasteiger charge is 2.57. The van der Waals surface area contributed by atoms with E-state index in [4.69, 9.17) is 4.74 Å². The molecule has 1 spiro atoms. The fourth-order valence-corrected chi connectivity index (χ4v) is 9.45. The fourth-order valence-electron chi connectivity index (χ4n) is 5.49. The molecule has 2 unspecified atom stereocenters. The molecule has 0 saturated carbocycles. The van der Waals surface area contributed by atoms with Gasteiger partial charge >= 0.3 is 0 Å². The van der Waals surface area contributed by atoms with Gasteiger partial charge in [0.05, 0.1) is 19.0 Å². The van der Waals surface area contributed by atoms with Gasteiger partial charge in [0.1, 0.15) is 5.60 Å². The summed E-state index contributed by atoms with van der Waals surface area (Å²) < 4.78 is 7.08. The third-order valence-electron chi connectivity index (χ3n) is 6.47. The van der Waals surface area contributed by atoms with Crippen molar-refractivity contribution in [1.82, 2.24) is 0 Å². The van der Waals surface area contributed by atoms with Crippen LogP contribution in [-0.2, 0) is 21.3 Å². The van der Waals surface area contributed by atoms with Gasteiger partial charge in [0, 0.05) is 21.2 Å². The summed E-state index contributed by atoms with van der Waals surface area (Å²) in [4.78, 5) is 13.6. The monoisotopic (exact) mass is 512 g/mol. The third kappa shape index (κ3) is 1.81. The lowest BCUT2D eigenvalue weighted by Crippen LogP contribution is -2.46. The molecule has 1 heterocycles. The highest BCUT2D eigenvalue weighted by Crippen LogP contribution is 2.63. The number of ketones is 1. The van der Waals surface area contributed by atoms with Crippen LogP contribution in [0.15, 0.2) is 47.0 Å². The maximum Gasteiger partial charge on any atom is 0.194 e. The van der Waals surface area contributed by atoms with Crippen LogP contribution < -0.4 is 5.19 Å². The smallest absolute Gasteiger partial charge is 0.194 e. The first-order chi connectivity index (χ1) is 13.2. The molecule has 0 aromatic heterocycles. The Kier molecular flexibility index (Phi) is 3.18. The summed E-state index contributed by atoms with van der Waals surface area (Å²) in [6, 6.07) is 8.07. The van der Waals surface area contributed by atoms with Crippen LogP contribution >= 0.6 is 31.9 Å². The number of hydrogen-bond acceptors (Lipinski definition) is 2. The molecule has 1 aliphatic heterocycles. The van der Waals surface area contributed by atoms with Gasteiger partial charge < -0.3 is 4.74 Å². The highest BCUT2D eigenvalue weighted by molar-refractivity contribution is 9.12. The maximum atomic E-state index is 13.6. The van der Waals surface area contributed by atoms with Gasteiger partial charge in [-0.1, -0.05) is 81.8 Å². The van der Waals surface area contributed by atoms with Crippen molar-refractivity contribution in [2.75, 3.05) is 0 Å². The molecule has 2 atom stereocenters. The molecule has 2 aromatic carbocycles. The van der Waals surface area contributed by atoms with Crippen molar-refractivity contribution < 1.29 is 9.53 Å². The second kappa shape index (κ2) is 5.07. The topological polar surface area (TPSA) is 26.3 Å². The van der Waals surface area contributed by atoms with Gasteiger partial charge in [0.2, 0.25) is 0 Å². The van der Waals surface area contributed by atoms with Gasteiger partial charge in [0.15, 0.2) is 5.78 Å². The Labute approximate surface area is 181 Å². The van der Waals surface area contributed by atoms with Crippen LogP contribution in [0.3, 0.4) is 0 Å². The van der Waals surface area contributed by atoms with Crippen LogP contribution in [0, 0.1) is 0 Å². The predicted octanol–water partition coefficient (Wildman–Crippen LogP) is 5.62. The Bertz CT molecular complexity index is 1200. The van der Waals surface area contributed by atoms with E-state index in [9.17, 15) is 4.79 Å². The summed E-state index contributed by atoms with van der Waals surface area (Å²) in [7, 11) is -1.82. The molecular weight excluding hydrogens is 496 g/mol. The first-order valence-corrected chi connectivity index (χ1v) is 14.6. The molecule has 0 fully saturated rings. The van der Waals surface area contributed by atoms with Crippen LogP contribution in [0.5, 0.6) is 0 Å². The zero-order valence-electron chi connectivity index (χ0n) is 15.8. The second-order valence-electron chi connectivity index (χ2n) is 9.10. The zero-order valence-corrected chi connectivity index (χ0v) is 20.0. The number of alkyl halides is 1. The van der Waals surface area contributed by atoms with Crippen LogP contribution in [0.1, 0.15) is 32.6 Å². The number of allylic oxidation sites excluding steroid dienone is 2. The molecule has 0 N–H and O–H groups in total. The molecule has 2 nitrogen and oxygen atoms in total. The Morgan fingerprint density at radius 1 is 1.04 bits per heavy atom. The maximum absolute atomic E-state index is 13.6. The van der Waals surface area contributed by atoms with Crippen LogP contribution in [-0.4, -0.2) is 13.9 Å². The van der Waals surface area contributed by atoms with E-state index in [-0.39, 0.29) is 5.78 Å². The van der Waals surface area contributed by atoms with E-state index in [0.29, 0.717) is 6.61 Å². The molecule has 5 heteroatoms. The minimum Gasteiger partial charge on any atom is -0.356 e. The first kappa shape index (κ1) is 17.6. The number of ether oxygens (including phenoxy) is 1. The summed E-state index contributed by atoms with van der Waals surface area (Å²) >= 11 is 7.81. The summed E-state index contributed by atoms with van der Waals surface area (Å²) in [5, 5.41) is 1.27. The minimum absolute atomic E-state index is 0.174. The van der Waals surface area contributed by atoms with Gasteiger partial charge in [-0.05, 0) is 39.6 Å². The predicted molar refractivity (Wildman–Crippen MR) is 122 cm³/mol. The molecule has 2 aromatic rings. The van der Waals surface area contributed by atoms with E-state index < -0.39 is 18.0 Å². The zero-order chi connectivity index (χ0) is 19.6. The largest absolute Gasteiger partial charge is 0.356 e. The SMILES string of the molecule is C[Si](C)(C)c1c2c3c(c4c1C(=O)c1ccccc1-4)C1(Br)C=CC3(OC2)C(Br)=C1. The summed E-state index contributed by atoms with van der Waals surface area (Å²) in [5.74, 6) is 0.174. The number of carbonyl (C=O) groups excluding carboxylic acids is 1. The fraction of sp³-hybridized carbons (Fsp3) is 0.261. The molecule has 0 saturated heterocycles. The Hall–Kier alpha value is -1.27. The van der Waals surface area contributed by atoms with Gasteiger partial charge in [-0.15, -0.1) is 0 Å². The second-order valence-corrected chi connectivity index (χ2v) is 16.3. The van der Waals surface area contributed by atoms with E-state index in [1.807, 2.05) is 18.2 Å². The van der Waals surface area contributed by atoms with Crippen molar-refractivity contribution in [3.8, 4) is 11.1 Å². The molecule has 5 aliphatic rings. The van der Waals surface area contributed by atoms with Crippen molar-refractivity contribution >= 4 is 50.9 Å². The lowest BCUT2D eigenvalue weighted by atomic mass is 9.70. The van der Waals surface area contributed by atoms with E-state index >= 15 is 0 Å². The number of rotatable bonds is 1. The van der Waals surface area contributed by atoms with Crippen molar-refractivity contribution in [2.24, 2.45) is 0 Å². The number of fused-ring (bicyclic) bond motifs is 3. The average Bonchev–Trinajstić information content (AvgIpc) is 3.15.